The molecule has 1 atom stereocenters. The van der Waals surface area contributed by atoms with Gasteiger partial charge in [-0.1, -0.05) is 27.7 Å². The largest absolute Gasteiger partial charge is 0.316 e. The van der Waals surface area contributed by atoms with E-state index in [2.05, 4.69) is 42.8 Å². The molecule has 3 nitrogen and oxygen atoms in total. The summed E-state index contributed by atoms with van der Waals surface area (Å²) in [5.74, 6) is 1.65. The van der Waals surface area contributed by atoms with Gasteiger partial charge >= 0.3 is 0 Å². The molecule has 2 aliphatic heterocycles. The second kappa shape index (κ2) is 7.24. The Morgan fingerprint density at radius 3 is 2.30 bits per heavy atom. The second-order valence-electron chi connectivity index (χ2n) is 8.00. The van der Waals surface area contributed by atoms with Crippen molar-refractivity contribution in [2.75, 3.05) is 52.4 Å². The highest BCUT2D eigenvalue weighted by Gasteiger charge is 2.33. The predicted molar refractivity (Wildman–Crippen MR) is 87.1 cm³/mol. The molecule has 0 aliphatic carbocycles. The van der Waals surface area contributed by atoms with E-state index in [1.54, 1.807) is 0 Å². The van der Waals surface area contributed by atoms with Gasteiger partial charge in [0.2, 0.25) is 0 Å². The Morgan fingerprint density at radius 2 is 1.75 bits per heavy atom. The van der Waals surface area contributed by atoms with Gasteiger partial charge in [0, 0.05) is 39.3 Å². The van der Waals surface area contributed by atoms with Crippen LogP contribution in [0.2, 0.25) is 0 Å². The fourth-order valence-corrected chi connectivity index (χ4v) is 3.87. The van der Waals surface area contributed by atoms with Crippen molar-refractivity contribution in [3.8, 4) is 0 Å². The summed E-state index contributed by atoms with van der Waals surface area (Å²) in [5, 5.41) is 3.58. The number of hydrogen-bond acceptors (Lipinski definition) is 3. The Balaban J connectivity index is 1.76. The Labute approximate surface area is 126 Å². The summed E-state index contributed by atoms with van der Waals surface area (Å²) in [4.78, 5) is 5.34. The summed E-state index contributed by atoms with van der Waals surface area (Å²) in [6.45, 7) is 19.6. The minimum Gasteiger partial charge on any atom is -0.316 e. The van der Waals surface area contributed by atoms with Gasteiger partial charge in [-0.3, -0.25) is 0 Å². The molecule has 0 amide bonds. The molecule has 0 bridgehead atoms. The maximum atomic E-state index is 3.58. The lowest BCUT2D eigenvalue weighted by atomic mass is 9.74. The first kappa shape index (κ1) is 16.3. The average Bonchev–Trinajstić information content (AvgIpc) is 2.41. The Hall–Kier alpha value is -0.120. The molecule has 118 valence electrons. The Kier molecular flexibility index (Phi) is 5.88. The molecule has 0 aromatic carbocycles. The van der Waals surface area contributed by atoms with Crippen LogP contribution in [-0.2, 0) is 0 Å². The number of nitrogens with one attached hydrogen (secondary N) is 1. The van der Waals surface area contributed by atoms with Crippen molar-refractivity contribution in [2.45, 2.75) is 40.5 Å². The summed E-state index contributed by atoms with van der Waals surface area (Å²) in [5.41, 5.74) is 0.452. The fourth-order valence-electron chi connectivity index (χ4n) is 3.87. The monoisotopic (exact) mass is 281 g/mol. The highest BCUT2D eigenvalue weighted by atomic mass is 15.3. The lowest BCUT2D eigenvalue weighted by Gasteiger charge is -2.43. The fraction of sp³-hybridized carbons (Fsp3) is 1.00. The maximum Gasteiger partial charge on any atom is 0.0110 e. The van der Waals surface area contributed by atoms with Crippen molar-refractivity contribution in [3.05, 3.63) is 0 Å². The minimum absolute atomic E-state index is 0.452. The van der Waals surface area contributed by atoms with Gasteiger partial charge in [0.15, 0.2) is 0 Å². The topological polar surface area (TPSA) is 18.5 Å². The minimum atomic E-state index is 0.452. The number of piperazine rings is 1. The van der Waals surface area contributed by atoms with Crippen LogP contribution in [0.5, 0.6) is 0 Å². The Bertz CT molecular complexity index is 274. The van der Waals surface area contributed by atoms with Gasteiger partial charge in [0.1, 0.15) is 0 Å². The average molecular weight is 281 g/mol. The zero-order valence-electron chi connectivity index (χ0n) is 14.1. The van der Waals surface area contributed by atoms with E-state index in [1.807, 2.05) is 0 Å². The number of nitrogens with zero attached hydrogens (tertiary/aromatic N) is 2. The Morgan fingerprint density at radius 1 is 1.10 bits per heavy atom. The molecule has 2 saturated heterocycles. The van der Waals surface area contributed by atoms with Gasteiger partial charge in [-0.15, -0.1) is 0 Å². The molecule has 1 N–H and O–H groups in total. The summed E-state index contributed by atoms with van der Waals surface area (Å²) < 4.78 is 0. The summed E-state index contributed by atoms with van der Waals surface area (Å²) in [7, 11) is 0. The van der Waals surface area contributed by atoms with Crippen molar-refractivity contribution in [1.82, 2.24) is 15.1 Å². The first-order valence-corrected chi connectivity index (χ1v) is 8.63. The number of piperidine rings is 1. The highest BCUT2D eigenvalue weighted by Crippen LogP contribution is 2.32. The van der Waals surface area contributed by atoms with Crippen LogP contribution in [0.15, 0.2) is 0 Å². The molecule has 0 aromatic heterocycles. The lowest BCUT2D eigenvalue weighted by molar-refractivity contribution is 0.0586. The second-order valence-corrected chi connectivity index (χ2v) is 8.00. The van der Waals surface area contributed by atoms with E-state index in [4.69, 9.17) is 0 Å². The van der Waals surface area contributed by atoms with Gasteiger partial charge in [-0.2, -0.15) is 0 Å². The first-order chi connectivity index (χ1) is 9.47. The molecule has 2 aliphatic rings. The zero-order chi connectivity index (χ0) is 14.6. The third-order valence-electron chi connectivity index (χ3n) is 5.12. The molecule has 0 saturated carbocycles. The van der Waals surface area contributed by atoms with E-state index >= 15 is 0 Å². The predicted octanol–water partition coefficient (Wildman–Crippen LogP) is 2.29. The molecule has 1 unspecified atom stereocenters. The van der Waals surface area contributed by atoms with Gasteiger partial charge in [0.25, 0.3) is 0 Å². The van der Waals surface area contributed by atoms with E-state index in [1.165, 1.54) is 65.2 Å². The van der Waals surface area contributed by atoms with E-state index in [0.29, 0.717) is 5.41 Å². The van der Waals surface area contributed by atoms with Gasteiger partial charge in [-0.25, -0.2) is 0 Å². The van der Waals surface area contributed by atoms with Crippen LogP contribution in [-0.4, -0.2) is 62.2 Å². The lowest BCUT2D eigenvalue weighted by Crippen LogP contribution is -2.52. The van der Waals surface area contributed by atoms with Gasteiger partial charge in [0.05, 0.1) is 0 Å². The van der Waals surface area contributed by atoms with E-state index in [0.717, 1.165) is 11.8 Å². The van der Waals surface area contributed by atoms with Gasteiger partial charge in [-0.05, 0) is 43.2 Å². The van der Waals surface area contributed by atoms with Crippen LogP contribution in [0.25, 0.3) is 0 Å². The molecular formula is C17H35N3. The standard InChI is InChI=1S/C17H35N3/c1-15(2)13-19-8-10-20(11-9-19)14-17(3,4)16-6-5-7-18-12-16/h15-16,18H,5-14H2,1-4H3. The van der Waals surface area contributed by atoms with Crippen molar-refractivity contribution in [2.24, 2.45) is 17.3 Å². The van der Waals surface area contributed by atoms with Crippen LogP contribution in [0.4, 0.5) is 0 Å². The highest BCUT2D eigenvalue weighted by molar-refractivity contribution is 4.87. The summed E-state index contributed by atoms with van der Waals surface area (Å²) in [6, 6.07) is 0. The van der Waals surface area contributed by atoms with Crippen molar-refractivity contribution in [3.63, 3.8) is 0 Å². The third kappa shape index (κ3) is 4.71. The third-order valence-corrected chi connectivity index (χ3v) is 5.12. The molecule has 20 heavy (non-hydrogen) atoms. The molecule has 0 aromatic rings. The van der Waals surface area contributed by atoms with E-state index in [-0.39, 0.29) is 0 Å². The van der Waals surface area contributed by atoms with Crippen LogP contribution < -0.4 is 5.32 Å². The number of hydrogen-bond donors (Lipinski definition) is 1. The quantitative estimate of drug-likeness (QED) is 0.834. The van der Waals surface area contributed by atoms with E-state index in [9.17, 15) is 0 Å². The molecule has 2 rings (SSSR count). The summed E-state index contributed by atoms with van der Waals surface area (Å²) >= 11 is 0. The molecular weight excluding hydrogens is 246 g/mol. The molecule has 2 heterocycles. The van der Waals surface area contributed by atoms with Crippen LogP contribution in [0.1, 0.15) is 40.5 Å². The molecule has 2 fully saturated rings. The summed E-state index contributed by atoms with van der Waals surface area (Å²) in [6.07, 6.45) is 2.77. The molecule has 3 heteroatoms. The van der Waals surface area contributed by atoms with Crippen molar-refractivity contribution >= 4 is 0 Å². The van der Waals surface area contributed by atoms with Crippen LogP contribution >= 0.6 is 0 Å². The SMILES string of the molecule is CC(C)CN1CCN(CC(C)(C)C2CCCNC2)CC1. The maximum absolute atomic E-state index is 3.58. The van der Waals surface area contributed by atoms with E-state index < -0.39 is 0 Å². The van der Waals surface area contributed by atoms with Crippen LogP contribution in [0, 0.1) is 17.3 Å². The number of rotatable bonds is 5. The smallest absolute Gasteiger partial charge is 0.0110 e. The van der Waals surface area contributed by atoms with Crippen molar-refractivity contribution in [1.29, 1.82) is 0 Å². The van der Waals surface area contributed by atoms with Gasteiger partial charge < -0.3 is 15.1 Å². The first-order valence-electron chi connectivity index (χ1n) is 8.63. The molecule has 0 spiro atoms. The molecule has 0 radical (unpaired) electrons. The zero-order valence-corrected chi connectivity index (χ0v) is 14.1. The van der Waals surface area contributed by atoms with Crippen LogP contribution in [0.3, 0.4) is 0 Å². The van der Waals surface area contributed by atoms with Crippen molar-refractivity contribution < 1.29 is 0 Å². The normalized spacial score (nSPS) is 27.1.